The fourth-order valence-electron chi connectivity index (χ4n) is 9.07. The quantitative estimate of drug-likeness (QED) is 0.146. The van der Waals surface area contributed by atoms with Crippen molar-refractivity contribution in [3.05, 3.63) is 102 Å². The first-order valence-corrected chi connectivity index (χ1v) is 21.3. The molecule has 1 spiro atoms. The van der Waals surface area contributed by atoms with Gasteiger partial charge in [-0.2, -0.15) is 10.1 Å². The van der Waals surface area contributed by atoms with E-state index < -0.39 is 5.60 Å². The van der Waals surface area contributed by atoms with Crippen molar-refractivity contribution in [1.29, 1.82) is 0 Å². The number of nitrogens with zero attached hydrogens (tertiary/aromatic N) is 6. The van der Waals surface area contributed by atoms with E-state index in [1.807, 2.05) is 110 Å². The number of carbonyl (C=O) groups is 2. The topological polar surface area (TPSA) is 102 Å². The monoisotopic (exact) mass is 798 g/mol. The summed E-state index contributed by atoms with van der Waals surface area (Å²) in [5.74, 6) is 1.50. The molecule has 5 heterocycles. The highest BCUT2D eigenvalue weighted by molar-refractivity contribution is 5.96. The lowest BCUT2D eigenvalue weighted by Gasteiger charge is -2.48. The van der Waals surface area contributed by atoms with Crippen LogP contribution in [0.2, 0.25) is 0 Å². The smallest absolute Gasteiger partial charge is 0.410 e. The summed E-state index contributed by atoms with van der Waals surface area (Å²) in [5, 5.41) is 6.02. The molecule has 2 amide bonds. The van der Waals surface area contributed by atoms with Gasteiger partial charge in [0.25, 0.3) is 0 Å². The summed E-state index contributed by atoms with van der Waals surface area (Å²) in [5.41, 5.74) is 5.58. The van der Waals surface area contributed by atoms with Crippen LogP contribution in [0, 0.1) is 17.3 Å². The van der Waals surface area contributed by atoms with Gasteiger partial charge in [-0.25, -0.2) is 4.79 Å². The van der Waals surface area contributed by atoms with Crippen LogP contribution in [0.15, 0.2) is 91.0 Å². The van der Waals surface area contributed by atoms with Gasteiger partial charge in [-0.15, -0.1) is 0 Å². The van der Waals surface area contributed by atoms with Gasteiger partial charge < -0.3 is 28.9 Å². The Morgan fingerprint density at radius 2 is 1.41 bits per heavy atom. The van der Waals surface area contributed by atoms with Gasteiger partial charge >= 0.3 is 6.09 Å². The number of hydrogen-bond donors (Lipinski definition) is 0. The van der Waals surface area contributed by atoms with Crippen molar-refractivity contribution in [2.75, 3.05) is 44.2 Å². The zero-order chi connectivity index (χ0) is 41.1. The maximum absolute atomic E-state index is 14.0. The number of rotatable bonds is 9. The summed E-state index contributed by atoms with van der Waals surface area (Å²) < 4.78 is 20.0. The van der Waals surface area contributed by atoms with Gasteiger partial charge in [-0.1, -0.05) is 67.6 Å². The highest BCUT2D eigenvalue weighted by atomic mass is 16.6. The molecular formula is C48H58N6O5. The Kier molecular flexibility index (Phi) is 11.6. The van der Waals surface area contributed by atoms with Crippen LogP contribution in [-0.2, 0) is 29.8 Å². The number of carbonyl (C=O) groups excluding carboxylic acids is 2. The zero-order valence-corrected chi connectivity index (χ0v) is 35.2. The van der Waals surface area contributed by atoms with Crippen LogP contribution in [0.25, 0.3) is 22.2 Å². The third kappa shape index (κ3) is 9.19. The molecule has 11 nitrogen and oxygen atoms in total. The molecule has 3 aromatic carbocycles. The molecule has 2 aromatic heterocycles. The molecule has 0 bridgehead atoms. The molecule has 2 unspecified atom stereocenters. The highest BCUT2D eigenvalue weighted by Crippen LogP contribution is 2.43. The normalized spacial score (nSPS) is 19.5. The van der Waals surface area contributed by atoms with Crippen molar-refractivity contribution in [2.24, 2.45) is 24.3 Å². The van der Waals surface area contributed by atoms with Crippen LogP contribution in [-0.4, -0.2) is 81.4 Å². The Bertz CT molecular complexity index is 2230. The van der Waals surface area contributed by atoms with Gasteiger partial charge in [0, 0.05) is 69.4 Å². The Morgan fingerprint density at radius 1 is 0.780 bits per heavy atom. The average Bonchev–Trinajstić information content (AvgIpc) is 3.57. The number of aryl methyl sites for hydroxylation is 1. The standard InChI is InChI=1S/C48H58N6O5/c1-34-31-54(25-20-38(34)45(55)52-26-21-48(22-27-52)23-28-53(29-24-48)46(56)59-47(2,3)4)37-16-17-39-41(30-37)51(5)50-43(39)40-18-19-42(57-32-35-12-8-6-9-13-35)49-44(40)58-33-36-14-10-7-11-15-36/h6-19,30,34,38H,20-29,31-33H2,1-5H3. The lowest BCUT2D eigenvalue weighted by Crippen LogP contribution is -2.52. The maximum Gasteiger partial charge on any atom is 0.410 e. The summed E-state index contributed by atoms with van der Waals surface area (Å²) in [6.07, 6.45) is 4.57. The number of anilines is 1. The van der Waals surface area contributed by atoms with E-state index in [2.05, 4.69) is 34.9 Å². The average molecular weight is 799 g/mol. The Balaban J connectivity index is 0.915. The first-order chi connectivity index (χ1) is 28.4. The molecule has 59 heavy (non-hydrogen) atoms. The minimum atomic E-state index is -0.488. The lowest BCUT2D eigenvalue weighted by molar-refractivity contribution is -0.140. The van der Waals surface area contributed by atoms with E-state index in [1.165, 1.54) is 0 Å². The Morgan fingerprint density at radius 3 is 2.03 bits per heavy atom. The second-order valence-electron chi connectivity index (χ2n) is 17.8. The summed E-state index contributed by atoms with van der Waals surface area (Å²) in [6, 6.07) is 30.5. The van der Waals surface area contributed by atoms with Crippen LogP contribution < -0.4 is 14.4 Å². The second kappa shape index (κ2) is 17.0. The van der Waals surface area contributed by atoms with Gasteiger partial charge in [-0.3, -0.25) is 9.48 Å². The first kappa shape index (κ1) is 40.2. The van der Waals surface area contributed by atoms with Gasteiger partial charge in [0.15, 0.2) is 0 Å². The van der Waals surface area contributed by atoms with Gasteiger partial charge in [0.1, 0.15) is 24.5 Å². The first-order valence-electron chi connectivity index (χ1n) is 21.3. The minimum Gasteiger partial charge on any atom is -0.473 e. The summed E-state index contributed by atoms with van der Waals surface area (Å²) >= 11 is 0. The van der Waals surface area contributed by atoms with Gasteiger partial charge in [0.05, 0.1) is 11.1 Å². The summed E-state index contributed by atoms with van der Waals surface area (Å²) in [7, 11) is 1.98. The molecule has 0 aliphatic carbocycles. The van der Waals surface area contributed by atoms with Crippen molar-refractivity contribution in [3.8, 4) is 23.0 Å². The van der Waals surface area contributed by atoms with E-state index in [1.54, 1.807) is 0 Å². The third-order valence-electron chi connectivity index (χ3n) is 12.6. The lowest BCUT2D eigenvalue weighted by atomic mass is 9.71. The SMILES string of the molecule is CC1CN(c2ccc3c(-c4ccc(OCc5ccccc5)nc4OCc4ccccc4)nn(C)c3c2)CCC1C(=O)N1CCC2(CCN(C(=O)OC(C)(C)C)CC2)CC1. The van der Waals surface area contributed by atoms with E-state index in [0.717, 1.165) is 110 Å². The third-order valence-corrected chi connectivity index (χ3v) is 12.6. The number of amides is 2. The number of ether oxygens (including phenoxy) is 3. The highest BCUT2D eigenvalue weighted by Gasteiger charge is 2.42. The molecule has 8 rings (SSSR count). The molecule has 2 atom stereocenters. The Hall–Kier alpha value is -5.58. The summed E-state index contributed by atoms with van der Waals surface area (Å²) in [6.45, 7) is 13.4. The number of aromatic nitrogens is 3. The number of fused-ring (bicyclic) bond motifs is 1. The fraction of sp³-hybridized carbons (Fsp3) is 0.458. The maximum atomic E-state index is 14.0. The van der Waals surface area contributed by atoms with Crippen molar-refractivity contribution < 1.29 is 23.8 Å². The molecule has 0 radical (unpaired) electrons. The second-order valence-corrected chi connectivity index (χ2v) is 17.8. The molecule has 3 fully saturated rings. The predicted molar refractivity (Wildman–Crippen MR) is 230 cm³/mol. The van der Waals surface area contributed by atoms with Crippen molar-refractivity contribution in [1.82, 2.24) is 24.6 Å². The van der Waals surface area contributed by atoms with Crippen LogP contribution >= 0.6 is 0 Å². The van der Waals surface area contributed by atoms with Gasteiger partial charge in [0.2, 0.25) is 17.7 Å². The van der Waals surface area contributed by atoms with E-state index >= 15 is 0 Å². The molecule has 3 aliphatic heterocycles. The molecule has 3 aliphatic rings. The molecule has 0 N–H and O–H groups in total. The number of likely N-dealkylation sites (tertiary alicyclic amines) is 2. The van der Waals surface area contributed by atoms with Crippen molar-refractivity contribution >= 4 is 28.6 Å². The molecule has 11 heteroatoms. The predicted octanol–water partition coefficient (Wildman–Crippen LogP) is 8.90. The minimum absolute atomic E-state index is 0.0165. The molecule has 0 saturated carbocycles. The van der Waals surface area contributed by atoms with Crippen molar-refractivity contribution in [3.63, 3.8) is 0 Å². The molecule has 3 saturated heterocycles. The van der Waals surface area contributed by atoms with Crippen LogP contribution in [0.1, 0.15) is 70.9 Å². The number of benzene rings is 3. The molecule has 5 aromatic rings. The Labute approximate surface area is 348 Å². The van der Waals surface area contributed by atoms with Crippen LogP contribution in [0.3, 0.4) is 0 Å². The molecule has 310 valence electrons. The van der Waals surface area contributed by atoms with Crippen LogP contribution in [0.5, 0.6) is 11.8 Å². The van der Waals surface area contributed by atoms with E-state index in [-0.39, 0.29) is 23.3 Å². The van der Waals surface area contributed by atoms with Crippen LogP contribution in [0.4, 0.5) is 10.5 Å². The van der Waals surface area contributed by atoms with Crippen molar-refractivity contribution in [2.45, 2.75) is 78.6 Å². The van der Waals surface area contributed by atoms with E-state index in [4.69, 9.17) is 24.3 Å². The van der Waals surface area contributed by atoms with E-state index in [9.17, 15) is 9.59 Å². The van der Waals surface area contributed by atoms with E-state index in [0.29, 0.717) is 30.9 Å². The number of piperidine rings is 3. The number of hydrogen-bond acceptors (Lipinski definition) is 8. The fourth-order valence-corrected chi connectivity index (χ4v) is 9.07. The largest absolute Gasteiger partial charge is 0.473 e. The summed E-state index contributed by atoms with van der Waals surface area (Å²) in [4.78, 5) is 37.9. The number of pyridine rings is 1. The molecular weight excluding hydrogens is 741 g/mol. The zero-order valence-electron chi connectivity index (χ0n) is 35.2. The van der Waals surface area contributed by atoms with Gasteiger partial charge in [-0.05, 0) is 99.6 Å².